The third-order valence-electron chi connectivity index (χ3n) is 3.71. The Hall–Kier alpha value is -2.61. The Kier molecular flexibility index (Phi) is 2.36. The van der Waals surface area contributed by atoms with Gasteiger partial charge in [-0.15, -0.1) is 0 Å². The summed E-state index contributed by atoms with van der Waals surface area (Å²) in [6, 6.07) is 21.0. The van der Waals surface area contributed by atoms with Crippen LogP contribution in [0.2, 0.25) is 0 Å². The van der Waals surface area contributed by atoms with Gasteiger partial charge in [-0.2, -0.15) is 0 Å². The van der Waals surface area contributed by atoms with Crippen molar-refractivity contribution in [2.24, 2.45) is 0 Å². The quantitative estimate of drug-likeness (QED) is 0.527. The molecule has 4 aromatic rings. The van der Waals surface area contributed by atoms with E-state index in [0.717, 1.165) is 22.4 Å². The Balaban J connectivity index is 1.94. The van der Waals surface area contributed by atoms with Crippen molar-refractivity contribution in [3.8, 4) is 11.3 Å². The van der Waals surface area contributed by atoms with Gasteiger partial charge in [-0.3, -0.25) is 0 Å². The highest BCUT2D eigenvalue weighted by molar-refractivity contribution is 6.06. The molecular weight excluding hydrogens is 244 g/mol. The Morgan fingerprint density at radius 3 is 2.45 bits per heavy atom. The molecule has 20 heavy (non-hydrogen) atoms. The SMILES string of the molecule is Cc1ccc(-c2ccc3c(n2)[nH]c2ccccc23)cc1. The third-order valence-corrected chi connectivity index (χ3v) is 3.71. The fraction of sp³-hybridized carbons (Fsp3) is 0.0556. The van der Waals surface area contributed by atoms with E-state index in [1.165, 1.54) is 16.3 Å². The zero-order valence-electron chi connectivity index (χ0n) is 11.2. The van der Waals surface area contributed by atoms with Crippen molar-refractivity contribution in [3.05, 3.63) is 66.2 Å². The first-order valence-electron chi connectivity index (χ1n) is 6.76. The van der Waals surface area contributed by atoms with Crippen LogP contribution in [0.1, 0.15) is 5.56 Å². The summed E-state index contributed by atoms with van der Waals surface area (Å²) in [4.78, 5) is 8.15. The van der Waals surface area contributed by atoms with Crippen LogP contribution in [-0.4, -0.2) is 9.97 Å². The van der Waals surface area contributed by atoms with Crippen molar-refractivity contribution in [2.45, 2.75) is 6.92 Å². The zero-order valence-corrected chi connectivity index (χ0v) is 11.2. The molecule has 2 nitrogen and oxygen atoms in total. The molecule has 2 aromatic heterocycles. The van der Waals surface area contributed by atoms with Gasteiger partial charge in [0.15, 0.2) is 0 Å². The van der Waals surface area contributed by atoms with E-state index >= 15 is 0 Å². The number of nitrogens with zero attached hydrogens (tertiary/aromatic N) is 1. The van der Waals surface area contributed by atoms with Crippen LogP contribution >= 0.6 is 0 Å². The van der Waals surface area contributed by atoms with Crippen LogP contribution in [0.15, 0.2) is 60.7 Å². The lowest BCUT2D eigenvalue weighted by Gasteiger charge is -2.01. The van der Waals surface area contributed by atoms with Crippen LogP contribution in [0, 0.1) is 6.92 Å². The molecule has 0 spiro atoms. The number of aromatic nitrogens is 2. The predicted molar refractivity (Wildman–Crippen MR) is 83.8 cm³/mol. The molecule has 0 aliphatic carbocycles. The van der Waals surface area contributed by atoms with Crippen molar-refractivity contribution in [2.75, 3.05) is 0 Å². The minimum absolute atomic E-state index is 0.948. The van der Waals surface area contributed by atoms with Crippen LogP contribution in [0.5, 0.6) is 0 Å². The summed E-state index contributed by atoms with van der Waals surface area (Å²) in [6.07, 6.45) is 0. The largest absolute Gasteiger partial charge is 0.339 e. The summed E-state index contributed by atoms with van der Waals surface area (Å²) in [7, 11) is 0. The average Bonchev–Trinajstić information content (AvgIpc) is 2.85. The molecule has 1 N–H and O–H groups in total. The number of aromatic amines is 1. The summed E-state index contributed by atoms with van der Waals surface area (Å²) in [6.45, 7) is 2.10. The van der Waals surface area contributed by atoms with Crippen molar-refractivity contribution in [1.82, 2.24) is 9.97 Å². The lowest BCUT2D eigenvalue weighted by atomic mass is 10.1. The van der Waals surface area contributed by atoms with Crippen LogP contribution in [0.4, 0.5) is 0 Å². The second-order valence-electron chi connectivity index (χ2n) is 5.13. The molecule has 0 bridgehead atoms. The molecule has 4 rings (SSSR count). The first-order valence-corrected chi connectivity index (χ1v) is 6.76. The van der Waals surface area contributed by atoms with Gasteiger partial charge in [0.2, 0.25) is 0 Å². The van der Waals surface area contributed by atoms with Crippen LogP contribution < -0.4 is 0 Å². The Morgan fingerprint density at radius 2 is 1.60 bits per heavy atom. The van der Waals surface area contributed by atoms with Gasteiger partial charge >= 0.3 is 0 Å². The second-order valence-corrected chi connectivity index (χ2v) is 5.13. The van der Waals surface area contributed by atoms with E-state index in [1.807, 2.05) is 6.07 Å². The number of fused-ring (bicyclic) bond motifs is 3. The molecule has 0 fully saturated rings. The van der Waals surface area contributed by atoms with Gasteiger partial charge in [0.1, 0.15) is 5.65 Å². The molecular formula is C18H14N2. The van der Waals surface area contributed by atoms with Gasteiger partial charge in [0.05, 0.1) is 5.69 Å². The molecule has 2 aromatic carbocycles. The lowest BCUT2D eigenvalue weighted by molar-refractivity contribution is 1.34. The number of aryl methyl sites for hydroxylation is 1. The first kappa shape index (κ1) is 11.2. The Bertz CT molecular complexity index is 902. The summed E-state index contributed by atoms with van der Waals surface area (Å²) in [5.41, 5.74) is 5.50. The highest BCUT2D eigenvalue weighted by atomic mass is 14.9. The van der Waals surface area contributed by atoms with E-state index in [9.17, 15) is 0 Å². The van der Waals surface area contributed by atoms with Crippen LogP contribution in [0.25, 0.3) is 33.2 Å². The molecule has 2 heterocycles. The van der Waals surface area contributed by atoms with E-state index in [-0.39, 0.29) is 0 Å². The molecule has 0 saturated carbocycles. The molecule has 0 saturated heterocycles. The monoisotopic (exact) mass is 258 g/mol. The van der Waals surface area contributed by atoms with Crippen molar-refractivity contribution >= 4 is 21.9 Å². The zero-order chi connectivity index (χ0) is 13.5. The molecule has 0 radical (unpaired) electrons. The van der Waals surface area contributed by atoms with E-state index < -0.39 is 0 Å². The maximum atomic E-state index is 4.76. The standard InChI is InChI=1S/C18H14N2/c1-12-6-8-13(9-7-12)16-11-10-15-14-4-2-3-5-17(14)20-18(15)19-16/h2-11H,1H3,(H,19,20). The number of pyridine rings is 1. The summed E-state index contributed by atoms with van der Waals surface area (Å²) in [5.74, 6) is 0. The molecule has 96 valence electrons. The number of hydrogen-bond acceptors (Lipinski definition) is 1. The topological polar surface area (TPSA) is 28.7 Å². The van der Waals surface area contributed by atoms with E-state index in [4.69, 9.17) is 4.98 Å². The fourth-order valence-corrected chi connectivity index (χ4v) is 2.61. The number of rotatable bonds is 1. The first-order chi connectivity index (χ1) is 9.81. The van der Waals surface area contributed by atoms with E-state index in [0.29, 0.717) is 0 Å². The summed E-state index contributed by atoms with van der Waals surface area (Å²) >= 11 is 0. The average molecular weight is 258 g/mol. The minimum atomic E-state index is 0.948. The van der Waals surface area contributed by atoms with Gasteiger partial charge < -0.3 is 4.98 Å². The van der Waals surface area contributed by atoms with Crippen LogP contribution in [-0.2, 0) is 0 Å². The number of para-hydroxylation sites is 1. The number of hydrogen-bond donors (Lipinski definition) is 1. The number of H-pyrrole nitrogens is 1. The van der Waals surface area contributed by atoms with Crippen molar-refractivity contribution < 1.29 is 0 Å². The van der Waals surface area contributed by atoms with Crippen molar-refractivity contribution in [1.29, 1.82) is 0 Å². The smallest absolute Gasteiger partial charge is 0.139 e. The molecule has 2 heteroatoms. The maximum absolute atomic E-state index is 4.76. The summed E-state index contributed by atoms with van der Waals surface area (Å²) in [5, 5.41) is 2.40. The fourth-order valence-electron chi connectivity index (χ4n) is 2.61. The number of nitrogens with one attached hydrogen (secondary N) is 1. The van der Waals surface area contributed by atoms with Crippen molar-refractivity contribution in [3.63, 3.8) is 0 Å². The second kappa shape index (κ2) is 4.20. The van der Waals surface area contributed by atoms with Crippen LogP contribution in [0.3, 0.4) is 0 Å². The highest BCUT2D eigenvalue weighted by Crippen LogP contribution is 2.26. The highest BCUT2D eigenvalue weighted by Gasteiger charge is 2.06. The normalized spacial score (nSPS) is 11.2. The molecule has 0 atom stereocenters. The Morgan fingerprint density at radius 1 is 0.800 bits per heavy atom. The molecule has 0 unspecified atom stereocenters. The summed E-state index contributed by atoms with van der Waals surface area (Å²) < 4.78 is 0. The molecule has 0 aliphatic heterocycles. The predicted octanol–water partition coefficient (Wildman–Crippen LogP) is 4.69. The number of benzene rings is 2. The van der Waals surface area contributed by atoms with Gasteiger partial charge in [-0.25, -0.2) is 4.98 Å². The molecule has 0 amide bonds. The van der Waals surface area contributed by atoms with Gasteiger partial charge in [0, 0.05) is 21.9 Å². The minimum Gasteiger partial charge on any atom is -0.339 e. The Labute approximate surface area is 117 Å². The van der Waals surface area contributed by atoms with Gasteiger partial charge in [-0.05, 0) is 25.1 Å². The van der Waals surface area contributed by atoms with E-state index in [1.54, 1.807) is 0 Å². The van der Waals surface area contributed by atoms with Gasteiger partial charge in [0.25, 0.3) is 0 Å². The maximum Gasteiger partial charge on any atom is 0.139 e. The van der Waals surface area contributed by atoms with E-state index in [2.05, 4.69) is 66.5 Å². The molecule has 0 aliphatic rings. The lowest BCUT2D eigenvalue weighted by Crippen LogP contribution is -1.84. The van der Waals surface area contributed by atoms with Gasteiger partial charge in [-0.1, -0.05) is 48.0 Å². The third kappa shape index (κ3) is 1.69.